The van der Waals surface area contributed by atoms with E-state index in [9.17, 15) is 14.6 Å². The maximum absolute atomic E-state index is 13.0. The van der Waals surface area contributed by atoms with Gasteiger partial charge in [0.25, 0.3) is 0 Å². The molecule has 0 aromatic heterocycles. The third-order valence-corrected chi connectivity index (χ3v) is 2.15. The predicted molar refractivity (Wildman–Crippen MR) is 56.1 cm³/mol. The molecular weight excluding hydrogens is 227 g/mol. The molecule has 0 saturated heterocycles. The van der Waals surface area contributed by atoms with E-state index < -0.39 is 18.0 Å². The van der Waals surface area contributed by atoms with Crippen LogP contribution in [-0.4, -0.2) is 22.9 Å². The molecule has 6 nitrogen and oxygen atoms in total. The van der Waals surface area contributed by atoms with Gasteiger partial charge < -0.3 is 10.2 Å². The van der Waals surface area contributed by atoms with E-state index >= 15 is 0 Å². The number of hydrogen-bond acceptors (Lipinski definition) is 4. The van der Waals surface area contributed by atoms with Crippen LogP contribution in [0.15, 0.2) is 23.3 Å². The second kappa shape index (κ2) is 5.82. The van der Waals surface area contributed by atoms with Gasteiger partial charge in [0.2, 0.25) is 0 Å². The normalized spacial score (nSPS) is 13.3. The first-order valence-corrected chi connectivity index (χ1v) is 4.66. The molecule has 0 heterocycles. The van der Waals surface area contributed by atoms with Crippen LogP contribution in [0.3, 0.4) is 0 Å². The topological polar surface area (TPSA) is 113 Å². The number of hydrogen-bond donors (Lipinski definition) is 2. The molecule has 0 radical (unpaired) electrons. The Morgan fingerprint density at radius 2 is 2.24 bits per heavy atom. The van der Waals surface area contributed by atoms with Crippen molar-refractivity contribution in [3.63, 3.8) is 0 Å². The van der Waals surface area contributed by atoms with Crippen molar-refractivity contribution in [2.24, 2.45) is 5.11 Å². The van der Waals surface area contributed by atoms with Crippen molar-refractivity contribution in [2.75, 3.05) is 6.54 Å². The smallest absolute Gasteiger partial charge is 0.123 e. The average molecular weight is 236 g/mol. The first-order chi connectivity index (χ1) is 8.10. The molecule has 88 valence electrons. The lowest BCUT2D eigenvalue weighted by Gasteiger charge is -2.17. The molecule has 0 fully saturated rings. The Balaban J connectivity index is 3.02. The summed E-state index contributed by atoms with van der Waals surface area (Å²) in [5, 5.41) is 31.0. The standard InChI is InChI=1S/C10H9FN4O2/c11-7-2-1-6(4-12)8(3-7)10(17)9(16)5-14-15-13/h1-3,9-10,16-17H,5H2. The van der Waals surface area contributed by atoms with Crippen molar-refractivity contribution in [3.05, 3.63) is 45.6 Å². The molecule has 0 amide bonds. The van der Waals surface area contributed by atoms with E-state index in [1.165, 1.54) is 6.07 Å². The number of benzene rings is 1. The Bertz CT molecular complexity index is 494. The Kier molecular flexibility index (Phi) is 4.43. The van der Waals surface area contributed by atoms with Crippen LogP contribution >= 0.6 is 0 Å². The largest absolute Gasteiger partial charge is 0.390 e. The molecule has 0 aliphatic heterocycles. The summed E-state index contributed by atoms with van der Waals surface area (Å²) in [7, 11) is 0. The Hall–Kier alpha value is -2.13. The average Bonchev–Trinajstić information content (AvgIpc) is 2.34. The molecule has 2 N–H and O–H groups in total. The maximum atomic E-state index is 13.0. The summed E-state index contributed by atoms with van der Waals surface area (Å²) in [6.07, 6.45) is -2.87. The maximum Gasteiger partial charge on any atom is 0.123 e. The molecule has 1 aromatic carbocycles. The lowest BCUT2D eigenvalue weighted by atomic mass is 9.99. The highest BCUT2D eigenvalue weighted by Crippen LogP contribution is 2.22. The molecule has 1 rings (SSSR count). The number of aliphatic hydroxyl groups excluding tert-OH is 2. The van der Waals surface area contributed by atoms with Crippen LogP contribution in [0.5, 0.6) is 0 Å². The summed E-state index contributed by atoms with van der Waals surface area (Å²) in [4.78, 5) is 2.43. The second-order valence-electron chi connectivity index (χ2n) is 3.27. The Morgan fingerprint density at radius 1 is 1.53 bits per heavy atom. The third kappa shape index (κ3) is 3.16. The molecule has 7 heteroatoms. The summed E-state index contributed by atoms with van der Waals surface area (Å²) in [5.74, 6) is -0.631. The zero-order chi connectivity index (χ0) is 12.8. The zero-order valence-corrected chi connectivity index (χ0v) is 8.66. The number of aliphatic hydroxyl groups is 2. The Morgan fingerprint density at radius 3 is 2.82 bits per heavy atom. The van der Waals surface area contributed by atoms with Crippen molar-refractivity contribution in [2.45, 2.75) is 12.2 Å². The highest BCUT2D eigenvalue weighted by Gasteiger charge is 2.21. The fraction of sp³-hybridized carbons (Fsp3) is 0.300. The van der Waals surface area contributed by atoms with Gasteiger partial charge in [-0.1, -0.05) is 5.11 Å². The van der Waals surface area contributed by atoms with Crippen LogP contribution in [0.4, 0.5) is 4.39 Å². The van der Waals surface area contributed by atoms with E-state index in [2.05, 4.69) is 10.0 Å². The van der Waals surface area contributed by atoms with Crippen LogP contribution in [0.25, 0.3) is 10.4 Å². The highest BCUT2D eigenvalue weighted by atomic mass is 19.1. The van der Waals surface area contributed by atoms with Crippen molar-refractivity contribution in [3.8, 4) is 6.07 Å². The molecule has 1 aromatic rings. The fourth-order valence-electron chi connectivity index (χ4n) is 1.31. The zero-order valence-electron chi connectivity index (χ0n) is 8.66. The lowest BCUT2D eigenvalue weighted by molar-refractivity contribution is 0.0241. The summed E-state index contributed by atoms with van der Waals surface area (Å²) in [6, 6.07) is 5.01. The summed E-state index contributed by atoms with van der Waals surface area (Å²) < 4.78 is 13.0. The molecular formula is C10H9FN4O2. The summed E-state index contributed by atoms with van der Waals surface area (Å²) in [6.45, 7) is -0.362. The molecule has 0 spiro atoms. The first kappa shape index (κ1) is 12.9. The van der Waals surface area contributed by atoms with E-state index in [1.807, 2.05) is 0 Å². The number of azide groups is 1. The van der Waals surface area contributed by atoms with E-state index in [-0.39, 0.29) is 17.7 Å². The first-order valence-electron chi connectivity index (χ1n) is 4.66. The number of nitriles is 1. The molecule has 0 bridgehead atoms. The minimum absolute atomic E-state index is 0.0341. The van der Waals surface area contributed by atoms with Crippen LogP contribution in [0, 0.1) is 17.1 Å². The number of rotatable bonds is 4. The highest BCUT2D eigenvalue weighted by molar-refractivity contribution is 5.39. The van der Waals surface area contributed by atoms with E-state index in [4.69, 9.17) is 10.8 Å². The second-order valence-corrected chi connectivity index (χ2v) is 3.27. The predicted octanol–water partition coefficient (Wildman–Crippen LogP) is 1.40. The van der Waals surface area contributed by atoms with Gasteiger partial charge in [-0.05, 0) is 23.7 Å². The molecule has 0 aliphatic rings. The van der Waals surface area contributed by atoms with Crippen molar-refractivity contribution in [1.29, 1.82) is 5.26 Å². The van der Waals surface area contributed by atoms with Gasteiger partial charge in [-0.15, -0.1) is 0 Å². The van der Waals surface area contributed by atoms with Crippen molar-refractivity contribution < 1.29 is 14.6 Å². The van der Waals surface area contributed by atoms with Gasteiger partial charge in [-0.3, -0.25) is 0 Å². The van der Waals surface area contributed by atoms with E-state index in [0.29, 0.717) is 0 Å². The van der Waals surface area contributed by atoms with Crippen molar-refractivity contribution >= 4 is 0 Å². The van der Waals surface area contributed by atoms with Gasteiger partial charge >= 0.3 is 0 Å². The number of nitrogens with zero attached hydrogens (tertiary/aromatic N) is 4. The van der Waals surface area contributed by atoms with Gasteiger partial charge in [0.15, 0.2) is 0 Å². The number of halogens is 1. The van der Waals surface area contributed by atoms with Crippen LogP contribution in [0.2, 0.25) is 0 Å². The summed E-state index contributed by atoms with van der Waals surface area (Å²) >= 11 is 0. The van der Waals surface area contributed by atoms with Gasteiger partial charge in [0.1, 0.15) is 11.9 Å². The minimum Gasteiger partial charge on any atom is -0.390 e. The Labute approximate surface area is 96.2 Å². The van der Waals surface area contributed by atoms with Crippen LogP contribution < -0.4 is 0 Å². The van der Waals surface area contributed by atoms with Crippen LogP contribution in [0.1, 0.15) is 17.2 Å². The quantitative estimate of drug-likeness (QED) is 0.467. The SMILES string of the molecule is N#Cc1ccc(F)cc1C(O)C(O)CN=[N+]=[N-]. The minimum atomic E-state index is -1.48. The van der Waals surface area contributed by atoms with Gasteiger partial charge in [0.05, 0.1) is 24.3 Å². The van der Waals surface area contributed by atoms with E-state index in [0.717, 1.165) is 12.1 Å². The van der Waals surface area contributed by atoms with Gasteiger partial charge in [-0.2, -0.15) is 5.26 Å². The van der Waals surface area contributed by atoms with Crippen LogP contribution in [-0.2, 0) is 0 Å². The molecule has 17 heavy (non-hydrogen) atoms. The van der Waals surface area contributed by atoms with Gasteiger partial charge in [0, 0.05) is 10.5 Å². The molecule has 0 saturated carbocycles. The van der Waals surface area contributed by atoms with Crippen molar-refractivity contribution in [1.82, 2.24) is 0 Å². The monoisotopic (exact) mass is 236 g/mol. The molecule has 2 unspecified atom stereocenters. The fourth-order valence-corrected chi connectivity index (χ4v) is 1.31. The van der Waals surface area contributed by atoms with Gasteiger partial charge in [-0.25, -0.2) is 4.39 Å². The molecule has 0 aliphatic carbocycles. The van der Waals surface area contributed by atoms with E-state index in [1.54, 1.807) is 6.07 Å². The summed E-state index contributed by atoms with van der Waals surface area (Å²) in [5.41, 5.74) is 8.09. The molecule has 2 atom stereocenters. The lowest BCUT2D eigenvalue weighted by Crippen LogP contribution is -2.22. The third-order valence-electron chi connectivity index (χ3n) is 2.15.